The van der Waals surface area contributed by atoms with Crippen molar-refractivity contribution in [3.63, 3.8) is 0 Å². The molecule has 4 N–H and O–H groups in total. The van der Waals surface area contributed by atoms with Crippen LogP contribution in [0.3, 0.4) is 0 Å². The van der Waals surface area contributed by atoms with Gasteiger partial charge in [-0.05, 0) is 49.4 Å². The predicted molar refractivity (Wildman–Crippen MR) is 105 cm³/mol. The predicted octanol–water partition coefficient (Wildman–Crippen LogP) is 2.26. The molecule has 1 aromatic heterocycles. The maximum absolute atomic E-state index is 13.7. The molecule has 0 spiro atoms. The maximum Gasteiger partial charge on any atom is 0.165 e. The number of rotatable bonds is 3. The Labute approximate surface area is 161 Å². The number of aromatic nitrogens is 2. The third-order valence-corrected chi connectivity index (χ3v) is 4.61. The van der Waals surface area contributed by atoms with Gasteiger partial charge in [-0.15, -0.1) is 0 Å². The lowest BCUT2D eigenvalue weighted by Gasteiger charge is -2.16. The van der Waals surface area contributed by atoms with Gasteiger partial charge in [0.2, 0.25) is 0 Å². The van der Waals surface area contributed by atoms with Crippen molar-refractivity contribution >= 4 is 16.7 Å². The highest BCUT2D eigenvalue weighted by Crippen LogP contribution is 2.31. The van der Waals surface area contributed by atoms with Gasteiger partial charge in [0.1, 0.15) is 24.0 Å². The van der Waals surface area contributed by atoms with Crippen molar-refractivity contribution in [2.45, 2.75) is 12.5 Å². The van der Waals surface area contributed by atoms with Gasteiger partial charge in [0.05, 0.1) is 11.1 Å². The highest BCUT2D eigenvalue weighted by atomic mass is 19.1. The van der Waals surface area contributed by atoms with Gasteiger partial charge < -0.3 is 20.8 Å². The van der Waals surface area contributed by atoms with Crippen LogP contribution in [0.2, 0.25) is 0 Å². The van der Waals surface area contributed by atoms with Crippen molar-refractivity contribution in [3.8, 4) is 29.0 Å². The van der Waals surface area contributed by atoms with Crippen molar-refractivity contribution in [2.75, 3.05) is 25.0 Å². The molecule has 2 aromatic carbocycles. The first-order chi connectivity index (χ1) is 13.6. The van der Waals surface area contributed by atoms with E-state index in [-0.39, 0.29) is 29.8 Å². The number of aliphatic hydroxyl groups is 1. The van der Waals surface area contributed by atoms with Crippen molar-refractivity contribution in [1.29, 1.82) is 0 Å². The molecule has 1 aliphatic heterocycles. The van der Waals surface area contributed by atoms with Gasteiger partial charge >= 0.3 is 0 Å². The number of hydrogen-bond acceptors (Lipinski definition) is 6. The molecule has 7 heteroatoms. The number of benzene rings is 2. The molecule has 1 fully saturated rings. The minimum Gasteiger partial charge on any atom is -0.507 e. The maximum atomic E-state index is 13.7. The first-order valence-corrected chi connectivity index (χ1v) is 9.02. The second kappa shape index (κ2) is 7.80. The average molecular weight is 378 g/mol. The first kappa shape index (κ1) is 18.2. The topological polar surface area (TPSA) is 90.3 Å². The fourth-order valence-electron chi connectivity index (χ4n) is 3.24. The molecule has 1 unspecified atom stereocenters. The zero-order chi connectivity index (χ0) is 19.5. The normalized spacial score (nSPS) is 16.0. The highest BCUT2D eigenvalue weighted by Gasteiger charge is 2.18. The van der Waals surface area contributed by atoms with Crippen LogP contribution < -0.4 is 10.6 Å². The number of aliphatic hydroxyl groups excluding tert-OH is 1. The van der Waals surface area contributed by atoms with Crippen LogP contribution in [-0.2, 0) is 0 Å². The summed E-state index contributed by atoms with van der Waals surface area (Å²) in [6.45, 7) is 1.52. The second-order valence-electron chi connectivity index (χ2n) is 6.58. The van der Waals surface area contributed by atoms with Gasteiger partial charge in [0.15, 0.2) is 5.82 Å². The first-order valence-electron chi connectivity index (χ1n) is 9.02. The number of nitrogens with one attached hydrogen (secondary N) is 2. The molecule has 0 aliphatic carbocycles. The Morgan fingerprint density at radius 1 is 1.21 bits per heavy atom. The zero-order valence-electron chi connectivity index (χ0n) is 15.0. The van der Waals surface area contributed by atoms with Crippen LogP contribution in [0, 0.1) is 17.7 Å². The molecule has 1 aliphatic rings. The second-order valence-corrected chi connectivity index (χ2v) is 6.58. The van der Waals surface area contributed by atoms with Crippen LogP contribution in [-0.4, -0.2) is 45.9 Å². The molecule has 0 saturated carbocycles. The van der Waals surface area contributed by atoms with Crippen molar-refractivity contribution in [3.05, 3.63) is 47.8 Å². The molecule has 28 heavy (non-hydrogen) atoms. The average Bonchev–Trinajstić information content (AvgIpc) is 3.21. The summed E-state index contributed by atoms with van der Waals surface area (Å²) in [4.78, 5) is 9.10. The monoisotopic (exact) mass is 378 g/mol. The molecule has 4 rings (SSSR count). The van der Waals surface area contributed by atoms with Crippen LogP contribution in [0.1, 0.15) is 12.0 Å². The van der Waals surface area contributed by atoms with E-state index in [4.69, 9.17) is 5.11 Å². The zero-order valence-corrected chi connectivity index (χ0v) is 15.0. The quantitative estimate of drug-likeness (QED) is 0.523. The Balaban J connectivity index is 1.87. The summed E-state index contributed by atoms with van der Waals surface area (Å²) in [6.07, 6.45) is 0.964. The van der Waals surface area contributed by atoms with Gasteiger partial charge in [-0.2, -0.15) is 0 Å². The van der Waals surface area contributed by atoms with E-state index in [0.29, 0.717) is 16.9 Å². The molecular weight excluding hydrogens is 359 g/mol. The number of fused-ring (bicyclic) bond motifs is 1. The largest absolute Gasteiger partial charge is 0.507 e. The van der Waals surface area contributed by atoms with Crippen molar-refractivity contribution in [1.82, 2.24) is 15.3 Å². The van der Waals surface area contributed by atoms with Crippen LogP contribution in [0.25, 0.3) is 22.3 Å². The summed E-state index contributed by atoms with van der Waals surface area (Å²) >= 11 is 0. The van der Waals surface area contributed by atoms with E-state index in [1.807, 2.05) is 12.1 Å². The van der Waals surface area contributed by atoms with Crippen LogP contribution >= 0.6 is 0 Å². The molecule has 1 atom stereocenters. The number of nitrogens with zero attached hydrogens (tertiary/aromatic N) is 2. The fraction of sp³-hybridized carbons (Fsp3) is 0.238. The summed E-state index contributed by atoms with van der Waals surface area (Å²) in [6, 6.07) is 9.41. The Hall–Kier alpha value is -3.21. The number of halogens is 1. The Kier molecular flexibility index (Phi) is 5.06. The lowest BCUT2D eigenvalue weighted by molar-refractivity contribution is 0.350. The van der Waals surface area contributed by atoms with Crippen LogP contribution in [0.4, 0.5) is 10.2 Å². The van der Waals surface area contributed by atoms with E-state index in [1.165, 1.54) is 18.2 Å². The molecule has 6 nitrogen and oxygen atoms in total. The molecule has 0 amide bonds. The fourth-order valence-corrected chi connectivity index (χ4v) is 3.24. The lowest BCUT2D eigenvalue weighted by atomic mass is 10.1. The molecule has 1 saturated heterocycles. The van der Waals surface area contributed by atoms with Crippen molar-refractivity contribution < 1.29 is 14.6 Å². The number of phenols is 1. The summed E-state index contributed by atoms with van der Waals surface area (Å²) in [5.74, 6) is 5.75. The Morgan fingerprint density at radius 3 is 2.89 bits per heavy atom. The minimum absolute atomic E-state index is 0.0922. The van der Waals surface area contributed by atoms with Gasteiger partial charge in [-0.25, -0.2) is 14.4 Å². The smallest absolute Gasteiger partial charge is 0.165 e. The molecule has 142 valence electrons. The molecule has 2 heterocycles. The third kappa shape index (κ3) is 3.74. The number of hydrogen-bond donors (Lipinski definition) is 4. The molecule has 0 bridgehead atoms. The summed E-state index contributed by atoms with van der Waals surface area (Å²) in [5, 5.41) is 26.6. The SMILES string of the molecule is OCC#Cc1ccc2c(NC3CCNC3)nc(-c3cc(F)ccc3O)nc2c1. The van der Waals surface area contributed by atoms with Gasteiger partial charge in [-0.1, -0.05) is 11.8 Å². The van der Waals surface area contributed by atoms with E-state index in [1.54, 1.807) is 6.07 Å². The summed E-state index contributed by atoms with van der Waals surface area (Å²) in [5.41, 5.74) is 1.54. The number of anilines is 1. The summed E-state index contributed by atoms with van der Waals surface area (Å²) in [7, 11) is 0. The minimum atomic E-state index is -0.478. The number of aromatic hydroxyl groups is 1. The molecular formula is C21H19FN4O2. The number of phenolic OH excluding ortho intramolecular Hbond substituents is 1. The Morgan fingerprint density at radius 2 is 2.11 bits per heavy atom. The van der Waals surface area contributed by atoms with Gasteiger partial charge in [0, 0.05) is 23.5 Å². The van der Waals surface area contributed by atoms with Gasteiger partial charge in [0.25, 0.3) is 0 Å². The molecule has 0 radical (unpaired) electrons. The molecule has 3 aromatic rings. The van der Waals surface area contributed by atoms with E-state index < -0.39 is 5.82 Å². The van der Waals surface area contributed by atoms with Crippen LogP contribution in [0.15, 0.2) is 36.4 Å². The third-order valence-electron chi connectivity index (χ3n) is 4.61. The van der Waals surface area contributed by atoms with Crippen molar-refractivity contribution in [2.24, 2.45) is 0 Å². The van der Waals surface area contributed by atoms with Gasteiger partial charge in [-0.3, -0.25) is 0 Å². The highest BCUT2D eigenvalue weighted by molar-refractivity contribution is 5.92. The Bertz CT molecular complexity index is 1080. The van der Waals surface area contributed by atoms with E-state index >= 15 is 0 Å². The van der Waals surface area contributed by atoms with E-state index in [9.17, 15) is 9.50 Å². The standard InChI is InChI=1S/C21H19FN4O2/c22-14-4-6-19(28)17(11-14)21-25-18-10-13(2-1-9-27)3-5-16(18)20(26-21)24-15-7-8-23-12-15/h3-6,10-11,15,23,27-28H,7-9,12H2,(H,24,25,26). The van der Waals surface area contributed by atoms with E-state index in [0.717, 1.165) is 24.9 Å². The summed E-state index contributed by atoms with van der Waals surface area (Å²) < 4.78 is 13.7. The van der Waals surface area contributed by atoms with Crippen LogP contribution in [0.5, 0.6) is 5.75 Å². The van der Waals surface area contributed by atoms with E-state index in [2.05, 4.69) is 32.4 Å². The lowest BCUT2D eigenvalue weighted by Crippen LogP contribution is -2.23.